The molecule has 5 N–H and O–H groups in total. The lowest BCUT2D eigenvalue weighted by molar-refractivity contribution is -0.0465. The van der Waals surface area contributed by atoms with Crippen LogP contribution in [-0.4, -0.2) is 44.6 Å². The number of nitrogens with two attached hydrogens (primary N) is 1. The van der Waals surface area contributed by atoms with Crippen molar-refractivity contribution in [2.75, 3.05) is 6.61 Å². The molecule has 1 fully saturated rings. The zero-order valence-electron chi connectivity index (χ0n) is 8.81. The summed E-state index contributed by atoms with van der Waals surface area (Å²) in [6, 6.07) is 0.298. The SMILES string of the molecule is N[C@@H]1[C@H](O)[C@@H](CO)O[C@@H]1n1ccc(=O)[nH]c1=O. The van der Waals surface area contributed by atoms with Crippen molar-refractivity contribution in [2.24, 2.45) is 5.73 Å². The monoisotopic (exact) mass is 243 g/mol. The van der Waals surface area contributed by atoms with E-state index in [1.165, 1.54) is 6.20 Å². The fraction of sp³-hybridized carbons (Fsp3) is 0.556. The molecular formula is C9H13N3O5. The van der Waals surface area contributed by atoms with Gasteiger partial charge in [0.05, 0.1) is 12.6 Å². The van der Waals surface area contributed by atoms with Crippen molar-refractivity contribution < 1.29 is 14.9 Å². The molecule has 0 spiro atoms. The second-order valence-electron chi connectivity index (χ2n) is 3.83. The number of H-pyrrole nitrogens is 1. The third-order valence-corrected chi connectivity index (χ3v) is 2.72. The highest BCUT2D eigenvalue weighted by Crippen LogP contribution is 2.26. The molecule has 2 heterocycles. The molecule has 2 rings (SSSR count). The largest absolute Gasteiger partial charge is 0.394 e. The zero-order valence-corrected chi connectivity index (χ0v) is 8.81. The van der Waals surface area contributed by atoms with Gasteiger partial charge in [-0.25, -0.2) is 4.79 Å². The maximum Gasteiger partial charge on any atom is 0.330 e. The Labute approximate surface area is 95.3 Å². The molecule has 8 heteroatoms. The van der Waals surface area contributed by atoms with E-state index in [0.717, 1.165) is 10.6 Å². The normalized spacial score (nSPS) is 32.9. The van der Waals surface area contributed by atoms with Crippen LogP contribution >= 0.6 is 0 Å². The van der Waals surface area contributed by atoms with Crippen LogP contribution in [0.25, 0.3) is 0 Å². The number of nitrogens with one attached hydrogen (secondary N) is 1. The van der Waals surface area contributed by atoms with Gasteiger partial charge in [0.2, 0.25) is 0 Å². The lowest BCUT2D eigenvalue weighted by atomic mass is 10.1. The summed E-state index contributed by atoms with van der Waals surface area (Å²) in [5.41, 5.74) is 4.48. The Morgan fingerprint density at radius 2 is 2.24 bits per heavy atom. The van der Waals surface area contributed by atoms with Crippen molar-refractivity contribution in [2.45, 2.75) is 24.5 Å². The van der Waals surface area contributed by atoms with Crippen LogP contribution < -0.4 is 17.0 Å². The van der Waals surface area contributed by atoms with Gasteiger partial charge in [-0.05, 0) is 0 Å². The van der Waals surface area contributed by atoms with Crippen LogP contribution in [0.15, 0.2) is 21.9 Å². The number of ether oxygens (including phenoxy) is 1. The van der Waals surface area contributed by atoms with Crippen molar-refractivity contribution in [1.29, 1.82) is 0 Å². The number of aromatic amines is 1. The standard InChI is InChI=1S/C9H13N3O5/c10-6-7(15)4(3-13)17-8(6)12-2-1-5(14)11-9(12)16/h1-2,4,6-8,13,15H,3,10H2,(H,11,14,16)/t4-,6-,7-,8+/m1/s1. The first-order chi connectivity index (χ1) is 8.04. The molecule has 0 saturated carbocycles. The van der Waals surface area contributed by atoms with Crippen LogP contribution in [0.4, 0.5) is 0 Å². The van der Waals surface area contributed by atoms with E-state index in [0.29, 0.717) is 0 Å². The number of hydrogen-bond donors (Lipinski definition) is 4. The lowest BCUT2D eigenvalue weighted by Gasteiger charge is -2.17. The number of aromatic nitrogens is 2. The lowest BCUT2D eigenvalue weighted by Crippen LogP contribution is -2.42. The van der Waals surface area contributed by atoms with Gasteiger partial charge < -0.3 is 20.7 Å². The molecular weight excluding hydrogens is 230 g/mol. The van der Waals surface area contributed by atoms with Crippen molar-refractivity contribution in [3.63, 3.8) is 0 Å². The number of nitrogens with zero attached hydrogens (tertiary/aromatic N) is 1. The number of rotatable bonds is 2. The Morgan fingerprint density at radius 1 is 1.53 bits per heavy atom. The van der Waals surface area contributed by atoms with E-state index in [1.807, 2.05) is 0 Å². The number of aliphatic hydroxyl groups is 2. The van der Waals surface area contributed by atoms with Crippen molar-refractivity contribution in [1.82, 2.24) is 9.55 Å². The van der Waals surface area contributed by atoms with Gasteiger partial charge in [-0.3, -0.25) is 14.3 Å². The van der Waals surface area contributed by atoms with Crippen molar-refractivity contribution in [3.05, 3.63) is 33.1 Å². The first kappa shape index (κ1) is 12.0. The fourth-order valence-corrected chi connectivity index (χ4v) is 1.80. The summed E-state index contributed by atoms with van der Waals surface area (Å²) >= 11 is 0. The van der Waals surface area contributed by atoms with E-state index >= 15 is 0 Å². The highest BCUT2D eigenvalue weighted by atomic mass is 16.5. The molecule has 1 aliphatic heterocycles. The minimum absolute atomic E-state index is 0.399. The Balaban J connectivity index is 2.35. The maximum atomic E-state index is 11.5. The van der Waals surface area contributed by atoms with Gasteiger partial charge in [-0.2, -0.15) is 0 Å². The average molecular weight is 243 g/mol. The van der Waals surface area contributed by atoms with Gasteiger partial charge >= 0.3 is 5.69 Å². The van der Waals surface area contributed by atoms with Crippen LogP contribution in [-0.2, 0) is 4.74 Å². The molecule has 1 aliphatic rings. The van der Waals surface area contributed by atoms with Gasteiger partial charge in [0.15, 0.2) is 6.23 Å². The van der Waals surface area contributed by atoms with Crippen LogP contribution in [0.3, 0.4) is 0 Å². The summed E-state index contributed by atoms with van der Waals surface area (Å²) in [4.78, 5) is 24.5. The molecule has 0 unspecified atom stereocenters. The summed E-state index contributed by atoms with van der Waals surface area (Å²) in [5.74, 6) is 0. The fourth-order valence-electron chi connectivity index (χ4n) is 1.80. The molecule has 1 aromatic rings. The molecule has 17 heavy (non-hydrogen) atoms. The van der Waals surface area contributed by atoms with Gasteiger partial charge in [0, 0.05) is 12.3 Å². The minimum Gasteiger partial charge on any atom is -0.394 e. The summed E-state index contributed by atoms with van der Waals surface area (Å²) < 4.78 is 6.33. The predicted molar refractivity (Wildman–Crippen MR) is 56.3 cm³/mol. The van der Waals surface area contributed by atoms with E-state index in [-0.39, 0.29) is 0 Å². The molecule has 1 saturated heterocycles. The summed E-state index contributed by atoms with van der Waals surface area (Å²) in [5, 5.41) is 18.6. The molecule has 0 aromatic carbocycles. The third kappa shape index (κ3) is 2.03. The van der Waals surface area contributed by atoms with Crippen molar-refractivity contribution >= 4 is 0 Å². The molecule has 1 aromatic heterocycles. The molecule has 0 radical (unpaired) electrons. The first-order valence-electron chi connectivity index (χ1n) is 5.06. The quantitative estimate of drug-likeness (QED) is 0.441. The Hall–Kier alpha value is -1.48. The molecule has 0 aliphatic carbocycles. The third-order valence-electron chi connectivity index (χ3n) is 2.72. The summed E-state index contributed by atoms with van der Waals surface area (Å²) in [7, 11) is 0. The van der Waals surface area contributed by atoms with E-state index in [9.17, 15) is 14.7 Å². The molecule has 4 atom stereocenters. The topological polar surface area (TPSA) is 131 Å². The van der Waals surface area contributed by atoms with E-state index in [1.54, 1.807) is 0 Å². The summed E-state index contributed by atoms with van der Waals surface area (Å²) in [6.45, 7) is -0.399. The Bertz CT molecular complexity index is 510. The molecule has 0 amide bonds. The molecule has 8 nitrogen and oxygen atoms in total. The highest BCUT2D eigenvalue weighted by Gasteiger charge is 2.42. The van der Waals surface area contributed by atoms with Crippen LogP contribution in [0.5, 0.6) is 0 Å². The molecule has 0 bridgehead atoms. The number of hydrogen-bond acceptors (Lipinski definition) is 6. The Morgan fingerprint density at radius 3 is 2.76 bits per heavy atom. The first-order valence-corrected chi connectivity index (χ1v) is 5.06. The summed E-state index contributed by atoms with van der Waals surface area (Å²) in [6.07, 6.45) is -1.58. The second kappa shape index (κ2) is 4.41. The number of aliphatic hydroxyl groups excluding tert-OH is 2. The smallest absolute Gasteiger partial charge is 0.330 e. The average Bonchev–Trinajstić information content (AvgIpc) is 2.57. The maximum absolute atomic E-state index is 11.5. The van der Waals surface area contributed by atoms with E-state index in [4.69, 9.17) is 15.6 Å². The highest BCUT2D eigenvalue weighted by molar-refractivity contribution is 4.94. The van der Waals surface area contributed by atoms with Crippen LogP contribution in [0, 0.1) is 0 Å². The zero-order chi connectivity index (χ0) is 12.6. The van der Waals surface area contributed by atoms with Crippen LogP contribution in [0.1, 0.15) is 6.23 Å². The second-order valence-corrected chi connectivity index (χ2v) is 3.83. The van der Waals surface area contributed by atoms with Crippen LogP contribution in [0.2, 0.25) is 0 Å². The van der Waals surface area contributed by atoms with Gasteiger partial charge in [-0.1, -0.05) is 0 Å². The van der Waals surface area contributed by atoms with Gasteiger partial charge in [0.25, 0.3) is 5.56 Å². The predicted octanol–water partition coefficient (Wildman–Crippen LogP) is -2.89. The Kier molecular flexibility index (Phi) is 3.11. The van der Waals surface area contributed by atoms with Gasteiger partial charge in [-0.15, -0.1) is 0 Å². The minimum atomic E-state index is -1.07. The van der Waals surface area contributed by atoms with E-state index < -0.39 is 42.3 Å². The van der Waals surface area contributed by atoms with Crippen molar-refractivity contribution in [3.8, 4) is 0 Å². The molecule has 94 valence electrons. The van der Waals surface area contributed by atoms with Gasteiger partial charge in [0.1, 0.15) is 12.2 Å². The van der Waals surface area contributed by atoms with E-state index in [2.05, 4.69) is 4.98 Å².